The summed E-state index contributed by atoms with van der Waals surface area (Å²) in [6.45, 7) is 4.34. The second-order valence-electron chi connectivity index (χ2n) is 13.3. The van der Waals surface area contributed by atoms with Gasteiger partial charge in [0.1, 0.15) is 27.6 Å². The first-order chi connectivity index (χ1) is 22.1. The van der Waals surface area contributed by atoms with Gasteiger partial charge in [-0.1, -0.05) is 31.0 Å². The first kappa shape index (κ1) is 33.0. The normalized spacial score (nSPS) is 27.6. The Bertz CT molecular complexity index is 1690. The average Bonchev–Trinajstić information content (AvgIpc) is 3.05. The van der Waals surface area contributed by atoms with Crippen molar-refractivity contribution in [2.45, 2.75) is 88.8 Å². The van der Waals surface area contributed by atoms with Crippen LogP contribution in [0.2, 0.25) is 0 Å². The van der Waals surface area contributed by atoms with Gasteiger partial charge in [0.05, 0.1) is 23.0 Å². The molecule has 0 radical (unpaired) electrons. The largest absolute Gasteiger partial charge is 0.380 e. The van der Waals surface area contributed by atoms with Crippen molar-refractivity contribution in [2.24, 2.45) is 5.92 Å². The number of methoxy groups -OCH3 is 1. The molecule has 46 heavy (non-hydrogen) atoms. The third-order valence-corrected chi connectivity index (χ3v) is 12.0. The van der Waals surface area contributed by atoms with E-state index in [1.807, 2.05) is 19.1 Å². The number of ether oxygens (including phenoxy) is 1. The molecular formula is C34H45F2N5O4S. The van der Waals surface area contributed by atoms with Crippen molar-refractivity contribution >= 4 is 26.7 Å². The van der Waals surface area contributed by atoms with E-state index in [1.165, 1.54) is 12.4 Å². The third kappa shape index (κ3) is 6.99. The SMILES string of the molecule is COC1CCCCCn2c(=O)c(C3CCS(=O)(=O)CC3)cc3c(ncnc32)N[C@H](C)c2cccc(c2)C(F)(F)C2CCN(CC2)C1. The minimum atomic E-state index is -3.11. The van der Waals surface area contributed by atoms with Gasteiger partial charge in [-0.05, 0) is 82.2 Å². The Kier molecular flexibility index (Phi) is 9.78. The molecule has 0 aliphatic carbocycles. The van der Waals surface area contributed by atoms with Crippen LogP contribution in [0.15, 0.2) is 41.5 Å². The monoisotopic (exact) mass is 657 g/mol. The number of nitrogens with zero attached hydrogens (tertiary/aromatic N) is 4. The van der Waals surface area contributed by atoms with Crippen molar-refractivity contribution in [2.75, 3.05) is 43.6 Å². The smallest absolute Gasteiger partial charge is 0.276 e. The number of hydrogen-bond donors (Lipinski definition) is 1. The van der Waals surface area contributed by atoms with E-state index >= 15 is 8.78 Å². The lowest BCUT2D eigenvalue weighted by Gasteiger charge is -2.37. The minimum Gasteiger partial charge on any atom is -0.380 e. The summed E-state index contributed by atoms with van der Waals surface area (Å²) in [5.41, 5.74) is 1.68. The summed E-state index contributed by atoms with van der Waals surface area (Å²) >= 11 is 0. The fourth-order valence-electron chi connectivity index (χ4n) is 7.43. The van der Waals surface area contributed by atoms with Crippen molar-refractivity contribution in [1.29, 1.82) is 0 Å². The maximum absolute atomic E-state index is 15.9. The van der Waals surface area contributed by atoms with Gasteiger partial charge in [0, 0.05) is 43.3 Å². The summed E-state index contributed by atoms with van der Waals surface area (Å²) < 4.78 is 63.8. The summed E-state index contributed by atoms with van der Waals surface area (Å²) in [6, 6.07) is 8.11. The first-order valence-electron chi connectivity index (χ1n) is 16.6. The zero-order chi connectivity index (χ0) is 32.5. The highest BCUT2D eigenvalue weighted by Gasteiger charge is 2.43. The van der Waals surface area contributed by atoms with Crippen molar-refractivity contribution < 1.29 is 21.9 Å². The number of benzene rings is 1. The second kappa shape index (κ2) is 13.6. The number of rotatable bonds is 2. The van der Waals surface area contributed by atoms with Gasteiger partial charge in [-0.2, -0.15) is 0 Å². The molecule has 2 atom stereocenters. The van der Waals surface area contributed by atoms with Crippen LogP contribution in [0.25, 0.3) is 11.0 Å². The van der Waals surface area contributed by atoms with Crippen LogP contribution in [0.5, 0.6) is 0 Å². The van der Waals surface area contributed by atoms with Crippen LogP contribution >= 0.6 is 0 Å². The fraction of sp³-hybridized carbons (Fsp3) is 0.618. The molecular weight excluding hydrogens is 612 g/mol. The van der Waals surface area contributed by atoms with E-state index in [9.17, 15) is 13.2 Å². The molecule has 1 unspecified atom stereocenters. The third-order valence-electron chi connectivity index (χ3n) is 10.3. The van der Waals surface area contributed by atoms with Gasteiger partial charge < -0.3 is 15.0 Å². The lowest BCUT2D eigenvalue weighted by Crippen LogP contribution is -2.43. The molecule has 4 aliphatic rings. The highest BCUT2D eigenvalue weighted by Crippen LogP contribution is 2.42. The standard InChI is InChI=1S/C34H45F2N5O4S/c1-23-25-7-6-8-27(19-25)34(35,36)26-10-15-40(16-11-26)21-28(45-2)9-4-3-5-14-41-32-30(31(39-23)37-22-38-32)20-29(33(41)42)24-12-17-46(43,44)18-13-24/h6-8,19-20,22-24,26,28H,3-5,9-18,21H2,1-2H3,(H,37,38,39)/t23-,28?/m1/s1. The molecule has 6 heterocycles. The molecule has 7 rings (SSSR count). The molecule has 0 amide bonds. The Hall–Kier alpha value is -2.96. The van der Waals surface area contributed by atoms with E-state index in [4.69, 9.17) is 4.74 Å². The predicted molar refractivity (Wildman–Crippen MR) is 175 cm³/mol. The molecule has 4 aliphatic heterocycles. The van der Waals surface area contributed by atoms with Crippen molar-refractivity contribution in [3.05, 3.63) is 63.7 Å². The minimum absolute atomic E-state index is 0.0140. The van der Waals surface area contributed by atoms with E-state index in [2.05, 4.69) is 20.2 Å². The van der Waals surface area contributed by atoms with Crippen LogP contribution in [0, 0.1) is 5.92 Å². The van der Waals surface area contributed by atoms with Crippen LogP contribution in [0.3, 0.4) is 0 Å². The number of halogens is 2. The number of aryl methyl sites for hydroxylation is 1. The molecule has 2 saturated heterocycles. The average molecular weight is 658 g/mol. The van der Waals surface area contributed by atoms with Gasteiger partial charge in [-0.3, -0.25) is 9.36 Å². The molecule has 0 saturated carbocycles. The lowest BCUT2D eigenvalue weighted by atomic mass is 9.85. The number of aromatic nitrogens is 3. The Morgan fingerprint density at radius 2 is 1.74 bits per heavy atom. The van der Waals surface area contributed by atoms with Crippen molar-refractivity contribution in [1.82, 2.24) is 19.4 Å². The van der Waals surface area contributed by atoms with E-state index in [0.29, 0.717) is 73.3 Å². The van der Waals surface area contributed by atoms with E-state index in [0.717, 1.165) is 32.2 Å². The molecule has 2 fully saturated rings. The molecule has 3 aromatic rings. The van der Waals surface area contributed by atoms with Crippen LogP contribution in [-0.2, 0) is 27.0 Å². The predicted octanol–water partition coefficient (Wildman–Crippen LogP) is 5.65. The van der Waals surface area contributed by atoms with E-state index in [1.54, 1.807) is 23.8 Å². The lowest BCUT2D eigenvalue weighted by molar-refractivity contribution is -0.0882. The number of alkyl halides is 2. The van der Waals surface area contributed by atoms with Gasteiger partial charge in [-0.25, -0.2) is 27.2 Å². The maximum Gasteiger partial charge on any atom is 0.276 e. The van der Waals surface area contributed by atoms with E-state index < -0.39 is 21.7 Å². The molecule has 1 aromatic carbocycles. The summed E-state index contributed by atoms with van der Waals surface area (Å²) in [5, 5.41) is 4.09. The molecule has 12 heteroatoms. The van der Waals surface area contributed by atoms with E-state index in [-0.39, 0.29) is 40.7 Å². The second-order valence-corrected chi connectivity index (χ2v) is 15.6. The number of nitrogens with one attached hydrogen (secondary N) is 1. The van der Waals surface area contributed by atoms with Gasteiger partial charge in [0.25, 0.3) is 11.5 Å². The first-order valence-corrected chi connectivity index (χ1v) is 18.5. The number of pyridine rings is 1. The zero-order valence-electron chi connectivity index (χ0n) is 26.8. The molecule has 9 nitrogen and oxygen atoms in total. The molecule has 250 valence electrons. The van der Waals surface area contributed by atoms with Crippen LogP contribution in [-0.4, -0.2) is 72.2 Å². The van der Waals surface area contributed by atoms with Crippen LogP contribution < -0.4 is 10.9 Å². The number of hydrogen-bond acceptors (Lipinski definition) is 8. The molecule has 2 aromatic heterocycles. The van der Waals surface area contributed by atoms with Crippen LogP contribution in [0.4, 0.5) is 14.6 Å². The van der Waals surface area contributed by atoms with Crippen LogP contribution in [0.1, 0.15) is 86.9 Å². The van der Waals surface area contributed by atoms with Gasteiger partial charge in [-0.15, -0.1) is 0 Å². The highest BCUT2D eigenvalue weighted by molar-refractivity contribution is 7.91. The quantitative estimate of drug-likeness (QED) is 0.377. The number of sulfone groups is 1. The topological polar surface area (TPSA) is 106 Å². The van der Waals surface area contributed by atoms with Crippen molar-refractivity contribution in [3.8, 4) is 0 Å². The van der Waals surface area contributed by atoms with Crippen molar-refractivity contribution in [3.63, 3.8) is 0 Å². The number of fused-ring (bicyclic) bond motifs is 9. The Balaban J connectivity index is 1.39. The highest BCUT2D eigenvalue weighted by atomic mass is 32.2. The number of anilines is 1. The fourth-order valence-corrected chi connectivity index (χ4v) is 8.92. The van der Waals surface area contributed by atoms with Gasteiger partial charge >= 0.3 is 0 Å². The summed E-state index contributed by atoms with van der Waals surface area (Å²) in [5.74, 6) is -3.24. The summed E-state index contributed by atoms with van der Waals surface area (Å²) in [6.07, 6.45) is 6.51. The zero-order valence-corrected chi connectivity index (χ0v) is 27.6. The molecule has 0 spiro atoms. The maximum atomic E-state index is 15.9. The Morgan fingerprint density at radius 1 is 0.978 bits per heavy atom. The molecule has 8 bridgehead atoms. The summed E-state index contributed by atoms with van der Waals surface area (Å²) in [7, 11) is -1.40. The Labute approximate surface area is 269 Å². The van der Waals surface area contributed by atoms with Gasteiger partial charge in [0.2, 0.25) is 0 Å². The molecule has 1 N–H and O–H groups in total. The Morgan fingerprint density at radius 3 is 2.48 bits per heavy atom. The summed E-state index contributed by atoms with van der Waals surface area (Å²) in [4.78, 5) is 25.3. The van der Waals surface area contributed by atoms with Gasteiger partial charge in [0.15, 0.2) is 0 Å². The number of piperidine rings is 1.